The number of methoxy groups -OCH3 is 1. The van der Waals surface area contributed by atoms with Crippen LogP contribution in [0.4, 0.5) is 13.2 Å². The SMILES string of the molecule is CCOC(=O)c1ncn2c1Cn1c(Cc3ccc(OC(F)(F)F)cc3)nnc1-c1cc(OC)ccc1-2. The number of benzene rings is 2. The first-order chi connectivity index (χ1) is 17.3. The highest BCUT2D eigenvalue weighted by atomic mass is 19.4. The Morgan fingerprint density at radius 3 is 2.53 bits per heavy atom. The molecular formula is C24H20F3N5O4. The Morgan fingerprint density at radius 2 is 1.83 bits per heavy atom. The van der Waals surface area contributed by atoms with Crippen molar-refractivity contribution in [1.82, 2.24) is 24.3 Å². The molecule has 0 saturated heterocycles. The van der Waals surface area contributed by atoms with Crippen LogP contribution in [0, 0.1) is 0 Å². The molecule has 0 unspecified atom stereocenters. The van der Waals surface area contributed by atoms with Gasteiger partial charge in [-0.3, -0.25) is 4.57 Å². The molecule has 0 fully saturated rings. The number of carbonyl (C=O) groups excluding carboxylic acids is 1. The number of ether oxygens (including phenoxy) is 3. The number of rotatable bonds is 6. The molecule has 36 heavy (non-hydrogen) atoms. The zero-order valence-corrected chi connectivity index (χ0v) is 19.2. The van der Waals surface area contributed by atoms with Gasteiger partial charge >= 0.3 is 12.3 Å². The molecule has 186 valence electrons. The minimum absolute atomic E-state index is 0.180. The van der Waals surface area contributed by atoms with E-state index < -0.39 is 12.3 Å². The maximum absolute atomic E-state index is 12.6. The van der Waals surface area contributed by atoms with Crippen molar-refractivity contribution in [2.24, 2.45) is 0 Å². The third-order valence-electron chi connectivity index (χ3n) is 5.69. The van der Waals surface area contributed by atoms with Crippen molar-refractivity contribution in [3.63, 3.8) is 0 Å². The molecule has 5 rings (SSSR count). The van der Waals surface area contributed by atoms with E-state index in [2.05, 4.69) is 19.9 Å². The van der Waals surface area contributed by atoms with Crippen LogP contribution in [0.3, 0.4) is 0 Å². The number of alkyl halides is 3. The van der Waals surface area contributed by atoms with Gasteiger partial charge in [-0.25, -0.2) is 9.78 Å². The largest absolute Gasteiger partial charge is 0.573 e. The van der Waals surface area contributed by atoms with Crippen LogP contribution in [-0.4, -0.2) is 50.4 Å². The van der Waals surface area contributed by atoms with E-state index in [1.165, 1.54) is 24.3 Å². The van der Waals surface area contributed by atoms with Gasteiger partial charge in [0.25, 0.3) is 0 Å². The van der Waals surface area contributed by atoms with Crippen molar-refractivity contribution in [2.75, 3.05) is 13.7 Å². The molecule has 0 aliphatic carbocycles. The van der Waals surface area contributed by atoms with Gasteiger partial charge in [0.2, 0.25) is 0 Å². The van der Waals surface area contributed by atoms with Gasteiger partial charge in [-0.2, -0.15) is 0 Å². The summed E-state index contributed by atoms with van der Waals surface area (Å²) in [6, 6.07) is 11.0. The van der Waals surface area contributed by atoms with Gasteiger partial charge in [-0.15, -0.1) is 23.4 Å². The average molecular weight is 499 g/mol. The molecule has 4 aromatic rings. The highest BCUT2D eigenvalue weighted by Gasteiger charge is 2.31. The van der Waals surface area contributed by atoms with Gasteiger partial charge in [0.05, 0.1) is 31.6 Å². The van der Waals surface area contributed by atoms with Crippen molar-refractivity contribution in [1.29, 1.82) is 0 Å². The number of hydrogen-bond donors (Lipinski definition) is 0. The first-order valence-electron chi connectivity index (χ1n) is 11.0. The zero-order valence-electron chi connectivity index (χ0n) is 19.2. The second kappa shape index (κ2) is 9.02. The molecule has 2 aromatic heterocycles. The molecule has 0 atom stereocenters. The predicted octanol–water partition coefficient (Wildman–Crippen LogP) is 4.17. The Kier molecular flexibility index (Phi) is 5.86. The molecule has 0 bridgehead atoms. The van der Waals surface area contributed by atoms with Crippen molar-refractivity contribution >= 4 is 5.97 Å². The average Bonchev–Trinajstić information content (AvgIpc) is 3.40. The number of fused-ring (bicyclic) bond motifs is 5. The molecule has 0 radical (unpaired) electrons. The lowest BCUT2D eigenvalue weighted by Gasteiger charge is -2.11. The van der Waals surface area contributed by atoms with E-state index in [1.54, 1.807) is 26.4 Å². The summed E-state index contributed by atoms with van der Waals surface area (Å²) in [5.41, 5.74) is 2.93. The quantitative estimate of drug-likeness (QED) is 0.324. The monoisotopic (exact) mass is 499 g/mol. The van der Waals surface area contributed by atoms with Crippen LogP contribution in [0.15, 0.2) is 48.8 Å². The molecule has 0 saturated carbocycles. The summed E-state index contributed by atoms with van der Waals surface area (Å²) in [7, 11) is 1.56. The highest BCUT2D eigenvalue weighted by Crippen LogP contribution is 2.35. The summed E-state index contributed by atoms with van der Waals surface area (Å²) in [5, 5.41) is 8.76. The molecule has 0 amide bonds. The van der Waals surface area contributed by atoms with Crippen molar-refractivity contribution in [2.45, 2.75) is 26.3 Å². The molecule has 12 heteroatoms. The van der Waals surface area contributed by atoms with E-state index in [1.807, 2.05) is 21.3 Å². The first kappa shape index (κ1) is 23.4. The molecule has 0 N–H and O–H groups in total. The number of hydrogen-bond acceptors (Lipinski definition) is 7. The Labute approximate surface area is 203 Å². The van der Waals surface area contributed by atoms with Gasteiger partial charge in [-0.05, 0) is 42.8 Å². The van der Waals surface area contributed by atoms with Gasteiger partial charge in [-0.1, -0.05) is 12.1 Å². The Hall–Kier alpha value is -4.35. The molecule has 1 aliphatic rings. The molecule has 1 aliphatic heterocycles. The number of nitrogens with zero attached hydrogens (tertiary/aromatic N) is 5. The zero-order chi connectivity index (χ0) is 25.4. The van der Waals surface area contributed by atoms with Gasteiger partial charge < -0.3 is 18.8 Å². The summed E-state index contributed by atoms with van der Waals surface area (Å²) >= 11 is 0. The maximum atomic E-state index is 12.6. The fourth-order valence-electron chi connectivity index (χ4n) is 4.11. The van der Waals surface area contributed by atoms with Crippen LogP contribution in [0.25, 0.3) is 17.1 Å². The Balaban J connectivity index is 1.57. The predicted molar refractivity (Wildman–Crippen MR) is 120 cm³/mol. The van der Waals surface area contributed by atoms with E-state index in [-0.39, 0.29) is 31.0 Å². The molecule has 9 nitrogen and oxygen atoms in total. The topological polar surface area (TPSA) is 93.3 Å². The number of aromatic nitrogens is 5. The second-order valence-electron chi connectivity index (χ2n) is 7.91. The Morgan fingerprint density at radius 1 is 1.08 bits per heavy atom. The Bertz CT molecular complexity index is 1430. The lowest BCUT2D eigenvalue weighted by Crippen LogP contribution is -2.17. The maximum Gasteiger partial charge on any atom is 0.573 e. The lowest BCUT2D eigenvalue weighted by atomic mass is 10.1. The third kappa shape index (κ3) is 4.37. The fourth-order valence-corrected chi connectivity index (χ4v) is 4.11. The van der Waals surface area contributed by atoms with Crippen molar-refractivity contribution in [3.8, 4) is 28.6 Å². The van der Waals surface area contributed by atoms with E-state index in [0.29, 0.717) is 34.2 Å². The number of halogens is 3. The van der Waals surface area contributed by atoms with Crippen molar-refractivity contribution < 1.29 is 32.2 Å². The van der Waals surface area contributed by atoms with E-state index >= 15 is 0 Å². The molecule has 0 spiro atoms. The van der Waals surface area contributed by atoms with Crippen LogP contribution in [0.5, 0.6) is 11.5 Å². The van der Waals surface area contributed by atoms with E-state index in [9.17, 15) is 18.0 Å². The third-order valence-corrected chi connectivity index (χ3v) is 5.69. The summed E-state index contributed by atoms with van der Waals surface area (Å²) in [6.07, 6.45) is -2.92. The molecular weight excluding hydrogens is 479 g/mol. The fraction of sp³-hybridized carbons (Fsp3) is 0.250. The number of esters is 1. The minimum Gasteiger partial charge on any atom is -0.497 e. The highest BCUT2D eigenvalue weighted by molar-refractivity contribution is 5.89. The van der Waals surface area contributed by atoms with Crippen LogP contribution >= 0.6 is 0 Å². The number of carbonyl (C=O) groups is 1. The summed E-state index contributed by atoms with van der Waals surface area (Å²) in [5.74, 6) is 0.858. The van der Waals surface area contributed by atoms with E-state index in [4.69, 9.17) is 9.47 Å². The lowest BCUT2D eigenvalue weighted by molar-refractivity contribution is -0.274. The standard InChI is InChI=1S/C24H20F3N5O4/c1-3-35-23(33)21-19-12-31-20(10-14-4-6-15(7-5-14)36-24(25,26)27)29-30-22(31)17-11-16(34-2)8-9-18(17)32(19)13-28-21/h4-9,11,13H,3,10,12H2,1-2H3. The smallest absolute Gasteiger partial charge is 0.497 e. The first-order valence-corrected chi connectivity index (χ1v) is 11.0. The summed E-state index contributed by atoms with van der Waals surface area (Å²) in [4.78, 5) is 16.9. The van der Waals surface area contributed by atoms with Gasteiger partial charge in [0.15, 0.2) is 11.5 Å². The molecule has 2 aromatic carbocycles. The minimum atomic E-state index is -4.76. The normalized spacial score (nSPS) is 12.2. The summed E-state index contributed by atoms with van der Waals surface area (Å²) < 4.78 is 55.7. The van der Waals surface area contributed by atoms with Crippen LogP contribution in [0.2, 0.25) is 0 Å². The summed E-state index contributed by atoms with van der Waals surface area (Å²) in [6.45, 7) is 2.14. The van der Waals surface area contributed by atoms with Crippen LogP contribution in [-0.2, 0) is 17.7 Å². The van der Waals surface area contributed by atoms with Gasteiger partial charge in [0, 0.05) is 12.0 Å². The second-order valence-corrected chi connectivity index (χ2v) is 7.91. The number of imidazole rings is 1. The van der Waals surface area contributed by atoms with E-state index in [0.717, 1.165) is 5.69 Å². The molecule has 3 heterocycles. The van der Waals surface area contributed by atoms with Crippen molar-refractivity contribution in [3.05, 3.63) is 71.6 Å². The van der Waals surface area contributed by atoms with Crippen LogP contribution in [0.1, 0.15) is 34.5 Å². The van der Waals surface area contributed by atoms with Crippen LogP contribution < -0.4 is 9.47 Å². The van der Waals surface area contributed by atoms with Gasteiger partial charge in [0.1, 0.15) is 23.7 Å².